The molecule has 20 heavy (non-hydrogen) atoms. The van der Waals surface area contributed by atoms with Gasteiger partial charge in [-0.15, -0.1) is 0 Å². The largest absolute Gasteiger partial charge is 0.508 e. The van der Waals surface area contributed by atoms with Gasteiger partial charge in [0.15, 0.2) is 0 Å². The first-order valence-corrected chi connectivity index (χ1v) is 7.03. The van der Waals surface area contributed by atoms with Gasteiger partial charge >= 0.3 is 0 Å². The summed E-state index contributed by atoms with van der Waals surface area (Å²) >= 11 is 0. The molecule has 1 aliphatic carbocycles. The quantitative estimate of drug-likeness (QED) is 0.835. The normalized spacial score (nSPS) is 19.1. The fourth-order valence-electron chi connectivity index (χ4n) is 3.62. The maximum absolute atomic E-state index is 10.0. The minimum absolute atomic E-state index is 0.346. The second-order valence-electron chi connectivity index (χ2n) is 5.52. The standard InChI is InChI=1S/C17H17NO2/c1-20-15-4-2-3-10-8-14-16-11(5-6-18-14)7-12(19)9-13(16)17(10)15/h2-4,7,9,14,18-19H,5-6,8H2,1H3. The van der Waals surface area contributed by atoms with Gasteiger partial charge in [0.2, 0.25) is 0 Å². The molecule has 2 N–H and O–H groups in total. The molecule has 4 rings (SSSR count). The molecule has 2 aliphatic rings. The summed E-state index contributed by atoms with van der Waals surface area (Å²) in [5, 5.41) is 13.6. The van der Waals surface area contributed by atoms with Gasteiger partial charge in [0, 0.05) is 11.6 Å². The molecule has 1 aliphatic heterocycles. The molecule has 0 radical (unpaired) electrons. The van der Waals surface area contributed by atoms with Crippen LogP contribution in [-0.2, 0) is 12.8 Å². The van der Waals surface area contributed by atoms with E-state index >= 15 is 0 Å². The van der Waals surface area contributed by atoms with Crippen LogP contribution in [0.4, 0.5) is 0 Å². The highest BCUT2D eigenvalue weighted by molar-refractivity contribution is 5.81. The van der Waals surface area contributed by atoms with E-state index in [9.17, 15) is 5.11 Å². The van der Waals surface area contributed by atoms with Gasteiger partial charge < -0.3 is 15.2 Å². The topological polar surface area (TPSA) is 41.5 Å². The van der Waals surface area contributed by atoms with Crippen LogP contribution in [0.5, 0.6) is 11.5 Å². The van der Waals surface area contributed by atoms with Crippen LogP contribution in [0.2, 0.25) is 0 Å². The van der Waals surface area contributed by atoms with Crippen LogP contribution in [0.3, 0.4) is 0 Å². The molecular weight excluding hydrogens is 250 g/mol. The van der Waals surface area contributed by atoms with Gasteiger partial charge in [-0.2, -0.15) is 0 Å². The molecule has 0 spiro atoms. The second kappa shape index (κ2) is 4.25. The van der Waals surface area contributed by atoms with Gasteiger partial charge in [-0.05, 0) is 59.8 Å². The number of nitrogens with one attached hydrogen (secondary N) is 1. The minimum atomic E-state index is 0.346. The Hall–Kier alpha value is -2.00. The highest BCUT2D eigenvalue weighted by Gasteiger charge is 2.31. The van der Waals surface area contributed by atoms with Crippen molar-refractivity contribution in [3.8, 4) is 22.6 Å². The third-order valence-electron chi connectivity index (χ3n) is 4.41. The molecule has 1 heterocycles. The Morgan fingerprint density at radius 2 is 2.15 bits per heavy atom. The van der Waals surface area contributed by atoms with E-state index in [4.69, 9.17) is 4.74 Å². The Labute approximate surface area is 118 Å². The zero-order valence-electron chi connectivity index (χ0n) is 11.4. The molecule has 3 nitrogen and oxygen atoms in total. The van der Waals surface area contributed by atoms with E-state index in [1.165, 1.54) is 16.7 Å². The molecule has 0 saturated heterocycles. The van der Waals surface area contributed by atoms with Crippen LogP contribution in [-0.4, -0.2) is 18.8 Å². The van der Waals surface area contributed by atoms with Crippen molar-refractivity contribution in [2.24, 2.45) is 0 Å². The monoisotopic (exact) mass is 267 g/mol. The number of rotatable bonds is 1. The van der Waals surface area contributed by atoms with E-state index in [2.05, 4.69) is 11.4 Å². The average Bonchev–Trinajstić information content (AvgIpc) is 2.46. The highest BCUT2D eigenvalue weighted by atomic mass is 16.5. The summed E-state index contributed by atoms with van der Waals surface area (Å²) in [6, 6.07) is 10.3. The second-order valence-corrected chi connectivity index (χ2v) is 5.52. The number of methoxy groups -OCH3 is 1. The number of benzene rings is 2. The molecule has 1 atom stereocenters. The highest BCUT2D eigenvalue weighted by Crippen LogP contribution is 2.47. The summed E-state index contributed by atoms with van der Waals surface area (Å²) in [6.45, 7) is 0.972. The lowest BCUT2D eigenvalue weighted by atomic mass is 9.77. The first-order chi connectivity index (χ1) is 9.78. The van der Waals surface area contributed by atoms with Gasteiger partial charge in [0.25, 0.3) is 0 Å². The molecule has 0 fully saturated rings. The molecule has 0 saturated carbocycles. The Bertz CT molecular complexity index is 694. The van der Waals surface area contributed by atoms with Crippen LogP contribution in [0.15, 0.2) is 30.3 Å². The fraction of sp³-hybridized carbons (Fsp3) is 0.294. The van der Waals surface area contributed by atoms with Gasteiger partial charge in [0.1, 0.15) is 11.5 Å². The Kier molecular flexibility index (Phi) is 2.51. The van der Waals surface area contributed by atoms with Crippen LogP contribution >= 0.6 is 0 Å². The molecule has 2 aromatic rings. The van der Waals surface area contributed by atoms with Crippen molar-refractivity contribution in [2.45, 2.75) is 18.9 Å². The predicted molar refractivity (Wildman–Crippen MR) is 78.2 cm³/mol. The molecule has 3 heteroatoms. The molecule has 0 amide bonds. The van der Waals surface area contributed by atoms with E-state index < -0.39 is 0 Å². The summed E-state index contributed by atoms with van der Waals surface area (Å²) < 4.78 is 5.53. The lowest BCUT2D eigenvalue weighted by Gasteiger charge is -2.35. The van der Waals surface area contributed by atoms with Crippen molar-refractivity contribution in [1.29, 1.82) is 0 Å². The van der Waals surface area contributed by atoms with E-state index in [1.54, 1.807) is 7.11 Å². The maximum Gasteiger partial charge on any atom is 0.126 e. The molecule has 102 valence electrons. The summed E-state index contributed by atoms with van der Waals surface area (Å²) in [5.74, 6) is 1.23. The Morgan fingerprint density at radius 1 is 1.25 bits per heavy atom. The van der Waals surface area contributed by atoms with Crippen molar-refractivity contribution in [1.82, 2.24) is 5.32 Å². The van der Waals surface area contributed by atoms with Crippen LogP contribution in [0, 0.1) is 0 Å². The number of aromatic hydroxyl groups is 1. The number of phenols is 1. The number of fused-ring (bicyclic) bond motifs is 2. The Balaban J connectivity index is 2.06. The van der Waals surface area contributed by atoms with E-state index in [1.807, 2.05) is 24.3 Å². The SMILES string of the molecule is COc1cccc2c1-c1cc(O)cc3c1C(C2)NCC3. The van der Waals surface area contributed by atoms with E-state index in [0.29, 0.717) is 11.8 Å². The third-order valence-corrected chi connectivity index (χ3v) is 4.41. The predicted octanol–water partition coefficient (Wildman–Crippen LogP) is 2.81. The fourth-order valence-corrected chi connectivity index (χ4v) is 3.62. The van der Waals surface area contributed by atoms with E-state index in [0.717, 1.165) is 36.3 Å². The van der Waals surface area contributed by atoms with Crippen LogP contribution in [0.1, 0.15) is 22.7 Å². The summed E-state index contributed by atoms with van der Waals surface area (Å²) in [6.07, 6.45) is 1.95. The maximum atomic E-state index is 10.0. The van der Waals surface area contributed by atoms with Gasteiger partial charge in [-0.25, -0.2) is 0 Å². The van der Waals surface area contributed by atoms with Crippen molar-refractivity contribution in [2.75, 3.05) is 13.7 Å². The lowest BCUT2D eigenvalue weighted by molar-refractivity contribution is 0.414. The first kappa shape index (κ1) is 11.8. The van der Waals surface area contributed by atoms with Crippen molar-refractivity contribution in [3.05, 3.63) is 47.0 Å². The lowest BCUT2D eigenvalue weighted by Crippen LogP contribution is -2.33. The molecule has 0 aromatic heterocycles. The zero-order valence-corrected chi connectivity index (χ0v) is 11.4. The summed E-state index contributed by atoms with van der Waals surface area (Å²) in [7, 11) is 1.70. The first-order valence-electron chi connectivity index (χ1n) is 7.03. The zero-order chi connectivity index (χ0) is 13.7. The number of hydrogen-bond donors (Lipinski definition) is 2. The summed E-state index contributed by atoms with van der Waals surface area (Å²) in [4.78, 5) is 0. The van der Waals surface area contributed by atoms with Gasteiger partial charge in [0.05, 0.1) is 7.11 Å². The molecule has 2 aromatic carbocycles. The van der Waals surface area contributed by atoms with Gasteiger partial charge in [-0.3, -0.25) is 0 Å². The molecule has 1 unspecified atom stereocenters. The molecular formula is C17H17NO2. The smallest absolute Gasteiger partial charge is 0.126 e. The van der Waals surface area contributed by atoms with Crippen molar-refractivity contribution in [3.63, 3.8) is 0 Å². The number of phenolic OH excluding ortho intramolecular Hbond substituents is 1. The van der Waals surface area contributed by atoms with Crippen LogP contribution < -0.4 is 10.1 Å². The minimum Gasteiger partial charge on any atom is -0.508 e. The van der Waals surface area contributed by atoms with E-state index in [-0.39, 0.29) is 0 Å². The average molecular weight is 267 g/mol. The Morgan fingerprint density at radius 3 is 3.00 bits per heavy atom. The van der Waals surface area contributed by atoms with Crippen molar-refractivity contribution < 1.29 is 9.84 Å². The third kappa shape index (κ3) is 1.56. The number of hydrogen-bond acceptors (Lipinski definition) is 3. The van der Waals surface area contributed by atoms with Gasteiger partial charge in [-0.1, -0.05) is 12.1 Å². The van der Waals surface area contributed by atoms with Crippen LogP contribution in [0.25, 0.3) is 11.1 Å². The number of ether oxygens (including phenoxy) is 1. The van der Waals surface area contributed by atoms with Crippen molar-refractivity contribution >= 4 is 0 Å². The summed E-state index contributed by atoms with van der Waals surface area (Å²) in [5.41, 5.74) is 6.15. The molecule has 0 bridgehead atoms.